The molecule has 0 saturated heterocycles. The van der Waals surface area contributed by atoms with Crippen molar-refractivity contribution in [3.05, 3.63) is 71.6 Å². The van der Waals surface area contributed by atoms with Gasteiger partial charge in [-0.3, -0.25) is 9.97 Å². The fourth-order valence-electron chi connectivity index (χ4n) is 2.31. The van der Waals surface area contributed by atoms with Crippen molar-refractivity contribution in [3.8, 4) is 0 Å². The Balaban J connectivity index is 1.87. The molecule has 0 aliphatic carbocycles. The number of aromatic nitrogens is 2. The van der Waals surface area contributed by atoms with Gasteiger partial charge in [0.25, 0.3) is 0 Å². The number of halogens is 2. The summed E-state index contributed by atoms with van der Waals surface area (Å²) in [6, 6.07) is 8.62. The van der Waals surface area contributed by atoms with Crippen LogP contribution in [0.5, 0.6) is 0 Å². The van der Waals surface area contributed by atoms with Gasteiger partial charge >= 0.3 is 0 Å². The Kier molecular flexibility index (Phi) is 3.58. The first-order valence-electron chi connectivity index (χ1n) is 6.53. The van der Waals surface area contributed by atoms with Gasteiger partial charge in [-0.2, -0.15) is 0 Å². The largest absolute Gasteiger partial charge is 0.324 e. The predicted octanol–water partition coefficient (Wildman–Crippen LogP) is 3.15. The predicted molar refractivity (Wildman–Crippen MR) is 76.5 cm³/mol. The molecule has 1 aromatic heterocycles. The van der Waals surface area contributed by atoms with E-state index in [2.05, 4.69) is 9.97 Å². The standard InChI is InChI=1S/C16H13F2N3/c17-12-5-10(6-13(18)9-12)7-14(19)11-1-2-15-16(8-11)21-4-3-20-15/h1-6,8-9,14H,7,19H2. The molecule has 1 atom stereocenters. The Labute approximate surface area is 120 Å². The highest BCUT2D eigenvalue weighted by Crippen LogP contribution is 2.20. The van der Waals surface area contributed by atoms with Crippen LogP contribution in [-0.4, -0.2) is 9.97 Å². The molecule has 3 rings (SSSR count). The first-order valence-corrected chi connectivity index (χ1v) is 6.53. The summed E-state index contributed by atoms with van der Waals surface area (Å²) in [7, 11) is 0. The average Bonchev–Trinajstić information content (AvgIpc) is 2.45. The smallest absolute Gasteiger partial charge is 0.126 e. The van der Waals surface area contributed by atoms with Crippen LogP contribution in [0.1, 0.15) is 17.2 Å². The SMILES string of the molecule is NC(Cc1cc(F)cc(F)c1)c1ccc2nccnc2c1. The molecule has 0 aliphatic rings. The zero-order valence-corrected chi connectivity index (χ0v) is 11.1. The maximum atomic E-state index is 13.2. The Hall–Kier alpha value is -2.40. The van der Waals surface area contributed by atoms with E-state index in [0.717, 1.165) is 22.7 Å². The molecule has 2 N–H and O–H groups in total. The average molecular weight is 285 g/mol. The molecule has 0 radical (unpaired) electrons. The Morgan fingerprint density at radius 3 is 2.29 bits per heavy atom. The molecule has 0 fully saturated rings. The summed E-state index contributed by atoms with van der Waals surface area (Å²) < 4.78 is 26.4. The highest BCUT2D eigenvalue weighted by atomic mass is 19.1. The Bertz CT molecular complexity index is 769. The minimum Gasteiger partial charge on any atom is -0.324 e. The van der Waals surface area contributed by atoms with Crippen LogP contribution in [-0.2, 0) is 6.42 Å². The molecule has 0 bridgehead atoms. The number of hydrogen-bond acceptors (Lipinski definition) is 3. The summed E-state index contributed by atoms with van der Waals surface area (Å²) in [5.74, 6) is -1.19. The fraction of sp³-hybridized carbons (Fsp3) is 0.125. The van der Waals surface area contributed by atoms with Crippen molar-refractivity contribution in [2.45, 2.75) is 12.5 Å². The zero-order chi connectivity index (χ0) is 14.8. The molecule has 0 aliphatic heterocycles. The van der Waals surface area contributed by atoms with E-state index >= 15 is 0 Å². The normalized spacial score (nSPS) is 12.5. The molecule has 3 nitrogen and oxygen atoms in total. The third-order valence-corrected chi connectivity index (χ3v) is 3.30. The van der Waals surface area contributed by atoms with Crippen molar-refractivity contribution in [2.75, 3.05) is 0 Å². The molecular weight excluding hydrogens is 272 g/mol. The highest BCUT2D eigenvalue weighted by molar-refractivity contribution is 5.74. The van der Waals surface area contributed by atoms with Gasteiger partial charge < -0.3 is 5.73 Å². The van der Waals surface area contributed by atoms with E-state index in [1.54, 1.807) is 12.4 Å². The minimum atomic E-state index is -0.596. The maximum Gasteiger partial charge on any atom is 0.126 e. The van der Waals surface area contributed by atoms with Gasteiger partial charge in [-0.15, -0.1) is 0 Å². The maximum absolute atomic E-state index is 13.2. The molecular formula is C16H13F2N3. The first-order chi connectivity index (χ1) is 10.1. The van der Waals surface area contributed by atoms with Crippen LogP contribution in [0, 0.1) is 11.6 Å². The fourth-order valence-corrected chi connectivity index (χ4v) is 2.31. The van der Waals surface area contributed by atoms with Crippen molar-refractivity contribution in [1.29, 1.82) is 0 Å². The van der Waals surface area contributed by atoms with E-state index in [9.17, 15) is 8.78 Å². The summed E-state index contributed by atoms with van der Waals surface area (Å²) in [5.41, 5.74) is 9.04. The lowest BCUT2D eigenvalue weighted by molar-refractivity contribution is 0.576. The van der Waals surface area contributed by atoms with Gasteiger partial charge in [0.1, 0.15) is 11.6 Å². The molecule has 1 unspecified atom stereocenters. The molecule has 0 spiro atoms. The van der Waals surface area contributed by atoms with Crippen LogP contribution in [0.2, 0.25) is 0 Å². The Morgan fingerprint density at radius 1 is 0.905 bits per heavy atom. The second kappa shape index (κ2) is 5.54. The van der Waals surface area contributed by atoms with E-state index in [0.29, 0.717) is 12.0 Å². The van der Waals surface area contributed by atoms with Crippen LogP contribution in [0.4, 0.5) is 8.78 Å². The van der Waals surface area contributed by atoms with Gasteiger partial charge in [-0.25, -0.2) is 8.78 Å². The van der Waals surface area contributed by atoms with Crippen molar-refractivity contribution < 1.29 is 8.78 Å². The Morgan fingerprint density at radius 2 is 1.57 bits per heavy atom. The van der Waals surface area contributed by atoms with Gasteiger partial charge in [-0.1, -0.05) is 6.07 Å². The van der Waals surface area contributed by atoms with Crippen molar-refractivity contribution in [1.82, 2.24) is 9.97 Å². The van der Waals surface area contributed by atoms with Gasteiger partial charge in [0.2, 0.25) is 0 Å². The van der Waals surface area contributed by atoms with E-state index < -0.39 is 11.6 Å². The lowest BCUT2D eigenvalue weighted by Gasteiger charge is -2.13. The van der Waals surface area contributed by atoms with Gasteiger partial charge in [0.05, 0.1) is 11.0 Å². The van der Waals surface area contributed by atoms with Crippen LogP contribution in [0.3, 0.4) is 0 Å². The molecule has 106 valence electrons. The number of benzene rings is 2. The number of nitrogens with zero attached hydrogens (tertiary/aromatic N) is 2. The van der Waals surface area contributed by atoms with E-state index in [1.807, 2.05) is 18.2 Å². The third kappa shape index (κ3) is 3.03. The number of hydrogen-bond donors (Lipinski definition) is 1. The number of fused-ring (bicyclic) bond motifs is 1. The van der Waals surface area contributed by atoms with Gasteiger partial charge in [-0.05, 0) is 41.8 Å². The van der Waals surface area contributed by atoms with E-state index in [4.69, 9.17) is 5.73 Å². The summed E-state index contributed by atoms with van der Waals surface area (Å²) in [6.07, 6.45) is 3.58. The zero-order valence-electron chi connectivity index (χ0n) is 11.1. The lowest BCUT2D eigenvalue weighted by atomic mass is 9.99. The number of rotatable bonds is 3. The minimum absolute atomic E-state index is 0.348. The van der Waals surface area contributed by atoms with Crippen LogP contribution < -0.4 is 5.73 Å². The van der Waals surface area contributed by atoms with Gasteiger partial charge in [0.15, 0.2) is 0 Å². The summed E-state index contributed by atoms with van der Waals surface area (Å²) in [4.78, 5) is 8.41. The topological polar surface area (TPSA) is 51.8 Å². The molecule has 5 heteroatoms. The molecule has 2 aromatic carbocycles. The molecule has 3 aromatic rings. The molecule has 21 heavy (non-hydrogen) atoms. The summed E-state index contributed by atoms with van der Waals surface area (Å²) >= 11 is 0. The van der Waals surface area contributed by atoms with Crippen LogP contribution in [0.25, 0.3) is 11.0 Å². The lowest BCUT2D eigenvalue weighted by Crippen LogP contribution is -2.13. The highest BCUT2D eigenvalue weighted by Gasteiger charge is 2.10. The second-order valence-corrected chi connectivity index (χ2v) is 4.89. The molecule has 0 amide bonds. The van der Waals surface area contributed by atoms with Crippen LogP contribution in [0.15, 0.2) is 48.8 Å². The molecule has 0 saturated carbocycles. The van der Waals surface area contributed by atoms with Crippen LogP contribution >= 0.6 is 0 Å². The number of nitrogens with two attached hydrogens (primary N) is 1. The summed E-state index contributed by atoms with van der Waals surface area (Å²) in [5, 5.41) is 0. The van der Waals surface area contributed by atoms with Crippen molar-refractivity contribution >= 4 is 11.0 Å². The van der Waals surface area contributed by atoms with Crippen molar-refractivity contribution in [3.63, 3.8) is 0 Å². The molecule has 1 heterocycles. The third-order valence-electron chi connectivity index (χ3n) is 3.30. The quantitative estimate of drug-likeness (QED) is 0.804. The summed E-state index contributed by atoms with van der Waals surface area (Å²) in [6.45, 7) is 0. The van der Waals surface area contributed by atoms with Crippen molar-refractivity contribution in [2.24, 2.45) is 5.73 Å². The first kappa shape index (κ1) is 13.6. The van der Waals surface area contributed by atoms with E-state index in [-0.39, 0.29) is 6.04 Å². The second-order valence-electron chi connectivity index (χ2n) is 4.89. The van der Waals surface area contributed by atoms with E-state index in [1.165, 1.54) is 12.1 Å². The monoisotopic (exact) mass is 285 g/mol. The van der Waals surface area contributed by atoms with Gasteiger partial charge in [0, 0.05) is 24.5 Å².